The Morgan fingerprint density at radius 1 is 0.923 bits per heavy atom. The first-order valence-electron chi connectivity index (χ1n) is 8.89. The number of hydrogen-bond acceptors (Lipinski definition) is 4. The number of rotatable bonds is 3. The highest BCUT2D eigenvalue weighted by Crippen LogP contribution is 2.31. The van der Waals surface area contributed by atoms with E-state index < -0.39 is 5.79 Å². The van der Waals surface area contributed by atoms with Gasteiger partial charge in [0.15, 0.2) is 5.79 Å². The lowest BCUT2D eigenvalue weighted by Gasteiger charge is -2.37. The molecule has 0 aromatic heterocycles. The number of benzene rings is 2. The van der Waals surface area contributed by atoms with E-state index in [1.165, 1.54) is 0 Å². The van der Waals surface area contributed by atoms with Crippen molar-refractivity contribution in [2.75, 3.05) is 31.6 Å². The molecule has 6 heteroatoms. The van der Waals surface area contributed by atoms with Gasteiger partial charge in [0, 0.05) is 31.6 Å². The lowest BCUT2D eigenvalue weighted by Crippen LogP contribution is -2.48. The topological polar surface area (TPSA) is 60.0 Å². The van der Waals surface area contributed by atoms with Crippen LogP contribution < -0.4 is 10.1 Å². The van der Waals surface area contributed by atoms with E-state index in [1.807, 2.05) is 54.6 Å². The largest absolute Gasteiger partial charge is 0.457 e. The molecule has 2 aliphatic heterocycles. The molecule has 4 rings (SSSR count). The predicted octanol–water partition coefficient (Wildman–Crippen LogP) is 3.85. The Bertz CT molecular complexity index is 732. The molecular weight excluding hydrogens is 332 g/mol. The zero-order valence-corrected chi connectivity index (χ0v) is 14.5. The van der Waals surface area contributed by atoms with Gasteiger partial charge in [-0.2, -0.15) is 0 Å². The average molecular weight is 354 g/mol. The molecule has 1 N–H and O–H groups in total. The summed E-state index contributed by atoms with van der Waals surface area (Å²) in [5.74, 6) is 1.04. The van der Waals surface area contributed by atoms with Crippen molar-refractivity contribution in [1.29, 1.82) is 0 Å². The fourth-order valence-corrected chi connectivity index (χ4v) is 3.27. The number of urea groups is 1. The first kappa shape index (κ1) is 16.9. The fraction of sp³-hybridized carbons (Fsp3) is 0.350. The van der Waals surface area contributed by atoms with Gasteiger partial charge in [-0.1, -0.05) is 18.2 Å². The summed E-state index contributed by atoms with van der Waals surface area (Å²) in [5, 5.41) is 2.93. The van der Waals surface area contributed by atoms with Gasteiger partial charge in [0.1, 0.15) is 11.5 Å². The van der Waals surface area contributed by atoms with Crippen LogP contribution in [0.3, 0.4) is 0 Å². The van der Waals surface area contributed by atoms with Gasteiger partial charge in [-0.05, 0) is 36.4 Å². The molecule has 2 heterocycles. The molecule has 0 bridgehead atoms. The average Bonchev–Trinajstić information content (AvgIpc) is 3.13. The van der Waals surface area contributed by atoms with Gasteiger partial charge in [0.2, 0.25) is 0 Å². The molecule has 0 atom stereocenters. The molecule has 2 amide bonds. The minimum atomic E-state index is -0.465. The van der Waals surface area contributed by atoms with E-state index in [9.17, 15) is 4.79 Å². The van der Waals surface area contributed by atoms with Gasteiger partial charge >= 0.3 is 6.03 Å². The Morgan fingerprint density at radius 2 is 1.54 bits per heavy atom. The van der Waals surface area contributed by atoms with Crippen LogP contribution in [0.15, 0.2) is 54.6 Å². The Labute approximate surface area is 152 Å². The van der Waals surface area contributed by atoms with E-state index in [0.717, 1.165) is 17.2 Å². The fourth-order valence-electron chi connectivity index (χ4n) is 3.27. The molecule has 2 aromatic rings. The first-order valence-corrected chi connectivity index (χ1v) is 8.89. The summed E-state index contributed by atoms with van der Waals surface area (Å²) in [4.78, 5) is 14.2. The van der Waals surface area contributed by atoms with Crippen LogP contribution in [0, 0.1) is 0 Å². The number of para-hydroxylation sites is 1. The first-order chi connectivity index (χ1) is 12.7. The number of carbonyl (C=O) groups is 1. The van der Waals surface area contributed by atoms with Gasteiger partial charge < -0.3 is 24.4 Å². The van der Waals surface area contributed by atoms with E-state index in [4.69, 9.17) is 14.2 Å². The molecule has 136 valence electrons. The van der Waals surface area contributed by atoms with Crippen LogP contribution in [-0.4, -0.2) is 43.0 Å². The van der Waals surface area contributed by atoms with E-state index in [1.54, 1.807) is 4.90 Å². The van der Waals surface area contributed by atoms with Crippen LogP contribution in [-0.2, 0) is 9.47 Å². The number of nitrogens with one attached hydrogen (secondary N) is 1. The van der Waals surface area contributed by atoms with Crippen LogP contribution in [0.2, 0.25) is 0 Å². The minimum Gasteiger partial charge on any atom is -0.457 e. The van der Waals surface area contributed by atoms with E-state index in [0.29, 0.717) is 39.1 Å². The molecular formula is C20H22N2O4. The quantitative estimate of drug-likeness (QED) is 0.909. The molecule has 1 spiro atoms. The molecule has 0 saturated carbocycles. The molecule has 2 aliphatic rings. The van der Waals surface area contributed by atoms with Crippen molar-refractivity contribution in [3.63, 3.8) is 0 Å². The number of anilines is 1. The van der Waals surface area contributed by atoms with Crippen LogP contribution in [0.25, 0.3) is 0 Å². The molecule has 2 aromatic carbocycles. The SMILES string of the molecule is O=C(Nc1ccc(Oc2ccccc2)cc1)N1CCC2(CC1)OCCO2. The Hall–Kier alpha value is -2.57. The summed E-state index contributed by atoms with van der Waals surface area (Å²) < 4.78 is 17.1. The highest BCUT2D eigenvalue weighted by atomic mass is 16.7. The summed E-state index contributed by atoms with van der Waals surface area (Å²) in [7, 11) is 0. The number of nitrogens with zero attached hydrogens (tertiary/aromatic N) is 1. The van der Waals surface area contributed by atoms with Crippen molar-refractivity contribution < 1.29 is 19.0 Å². The highest BCUT2D eigenvalue weighted by Gasteiger charge is 2.40. The van der Waals surface area contributed by atoms with Crippen molar-refractivity contribution >= 4 is 11.7 Å². The van der Waals surface area contributed by atoms with Crippen LogP contribution in [0.5, 0.6) is 11.5 Å². The van der Waals surface area contributed by atoms with Crippen molar-refractivity contribution in [2.45, 2.75) is 18.6 Å². The van der Waals surface area contributed by atoms with Gasteiger partial charge in [0.25, 0.3) is 0 Å². The highest BCUT2D eigenvalue weighted by molar-refractivity contribution is 5.89. The molecule has 0 aliphatic carbocycles. The van der Waals surface area contributed by atoms with E-state index in [-0.39, 0.29) is 6.03 Å². The van der Waals surface area contributed by atoms with Crippen molar-refractivity contribution in [3.8, 4) is 11.5 Å². The van der Waals surface area contributed by atoms with Crippen LogP contribution in [0.4, 0.5) is 10.5 Å². The third kappa shape index (κ3) is 3.81. The van der Waals surface area contributed by atoms with Crippen molar-refractivity contribution in [2.24, 2.45) is 0 Å². The van der Waals surface area contributed by atoms with Gasteiger partial charge in [-0.3, -0.25) is 0 Å². The zero-order valence-electron chi connectivity index (χ0n) is 14.5. The Kier molecular flexibility index (Phi) is 4.77. The third-order valence-corrected chi connectivity index (χ3v) is 4.71. The summed E-state index contributed by atoms with van der Waals surface area (Å²) in [5.41, 5.74) is 0.740. The van der Waals surface area contributed by atoms with Gasteiger partial charge in [0.05, 0.1) is 13.2 Å². The van der Waals surface area contributed by atoms with Gasteiger partial charge in [-0.25, -0.2) is 4.79 Å². The number of likely N-dealkylation sites (tertiary alicyclic amines) is 1. The molecule has 6 nitrogen and oxygen atoms in total. The smallest absolute Gasteiger partial charge is 0.321 e. The minimum absolute atomic E-state index is 0.102. The number of ether oxygens (including phenoxy) is 3. The second kappa shape index (κ2) is 7.35. The van der Waals surface area contributed by atoms with Crippen molar-refractivity contribution in [1.82, 2.24) is 4.90 Å². The molecule has 0 unspecified atom stereocenters. The summed E-state index contributed by atoms with van der Waals surface area (Å²) in [6, 6.07) is 16.8. The molecule has 0 radical (unpaired) electrons. The monoisotopic (exact) mass is 354 g/mol. The number of hydrogen-bond donors (Lipinski definition) is 1. The number of amides is 2. The maximum atomic E-state index is 12.4. The standard InChI is InChI=1S/C20H22N2O4/c23-19(22-12-10-20(11-13-22)24-14-15-25-20)21-16-6-8-18(9-7-16)26-17-4-2-1-3-5-17/h1-9H,10-15H2,(H,21,23). The molecule has 2 saturated heterocycles. The second-order valence-electron chi connectivity index (χ2n) is 6.46. The predicted molar refractivity (Wildman–Crippen MR) is 97.4 cm³/mol. The second-order valence-corrected chi connectivity index (χ2v) is 6.46. The van der Waals surface area contributed by atoms with Gasteiger partial charge in [-0.15, -0.1) is 0 Å². The molecule has 26 heavy (non-hydrogen) atoms. The zero-order chi connectivity index (χ0) is 17.8. The van der Waals surface area contributed by atoms with E-state index >= 15 is 0 Å². The number of carbonyl (C=O) groups excluding carboxylic acids is 1. The summed E-state index contributed by atoms with van der Waals surface area (Å²) >= 11 is 0. The summed E-state index contributed by atoms with van der Waals surface area (Å²) in [6.45, 7) is 2.54. The Balaban J connectivity index is 1.30. The Morgan fingerprint density at radius 3 is 2.19 bits per heavy atom. The lowest BCUT2D eigenvalue weighted by molar-refractivity contribution is -0.181. The van der Waals surface area contributed by atoms with E-state index in [2.05, 4.69) is 5.32 Å². The third-order valence-electron chi connectivity index (χ3n) is 4.71. The van der Waals surface area contributed by atoms with Crippen LogP contribution in [0.1, 0.15) is 12.8 Å². The molecule has 2 fully saturated rings. The maximum Gasteiger partial charge on any atom is 0.321 e. The normalized spacial score (nSPS) is 18.7. The number of piperidine rings is 1. The summed E-state index contributed by atoms with van der Waals surface area (Å²) in [6.07, 6.45) is 1.43. The van der Waals surface area contributed by atoms with Crippen molar-refractivity contribution in [3.05, 3.63) is 54.6 Å². The van der Waals surface area contributed by atoms with Crippen LogP contribution >= 0.6 is 0 Å². The maximum absolute atomic E-state index is 12.4. The lowest BCUT2D eigenvalue weighted by atomic mass is 10.0.